The van der Waals surface area contributed by atoms with Gasteiger partial charge in [0, 0.05) is 0 Å². The molecule has 5 heteroatoms. The Kier molecular flexibility index (Phi) is 1.24. The van der Waals surface area contributed by atoms with Crippen LogP contribution in [0.4, 0.5) is 5.69 Å². The summed E-state index contributed by atoms with van der Waals surface area (Å²) in [5.74, 6) is -0.576. The zero-order valence-corrected chi connectivity index (χ0v) is 4.35. The number of diazo groups is 1. The van der Waals surface area contributed by atoms with Crippen molar-refractivity contribution in [1.82, 2.24) is 9.97 Å². The lowest BCUT2D eigenvalue weighted by Crippen LogP contribution is -1.92. The summed E-state index contributed by atoms with van der Waals surface area (Å²) in [6, 6.07) is 0. The van der Waals surface area contributed by atoms with Gasteiger partial charge in [0.15, 0.2) is 4.98 Å². The minimum Gasteiger partial charge on any atom is -0.853 e. The van der Waals surface area contributed by atoms with E-state index in [4.69, 9.17) is 5.39 Å². The molecule has 0 amide bonds. The Labute approximate surface area is 50.6 Å². The number of nitrogens with zero attached hydrogens (tertiary/aromatic N) is 4. The number of hydrogen-bond acceptors (Lipinski definition) is 4. The minimum absolute atomic E-state index is 0.141. The van der Waals surface area contributed by atoms with Gasteiger partial charge in [0.2, 0.25) is 5.39 Å². The van der Waals surface area contributed by atoms with Gasteiger partial charge in [0.25, 0.3) is 0 Å². The molecule has 5 nitrogen and oxygen atoms in total. The molecule has 1 aromatic rings. The molecule has 0 saturated heterocycles. The number of aromatic nitrogens is 2. The van der Waals surface area contributed by atoms with Crippen LogP contribution in [-0.4, -0.2) is 9.97 Å². The summed E-state index contributed by atoms with van der Waals surface area (Å²) in [7, 11) is 0. The minimum atomic E-state index is -0.576. The molecule has 0 N–H and O–H groups in total. The van der Waals surface area contributed by atoms with E-state index < -0.39 is 5.88 Å². The van der Waals surface area contributed by atoms with Crippen LogP contribution >= 0.6 is 0 Å². The maximum atomic E-state index is 10.4. The number of hydrogen-bond donors (Lipinski definition) is 0. The standard InChI is InChI=1S/C4H2N4O/c5-8-3-1-6-2-7-4(3)9/h1-2H. The lowest BCUT2D eigenvalue weighted by atomic mass is 10.5. The van der Waals surface area contributed by atoms with Gasteiger partial charge < -0.3 is 5.11 Å². The molecule has 44 valence electrons. The molecule has 0 fully saturated rings. The highest BCUT2D eigenvalue weighted by Gasteiger charge is 2.03. The summed E-state index contributed by atoms with van der Waals surface area (Å²) in [6.45, 7) is 0. The summed E-state index contributed by atoms with van der Waals surface area (Å²) < 4.78 is 0. The normalized spacial score (nSPS) is 8.33. The van der Waals surface area contributed by atoms with Crippen molar-refractivity contribution in [3.05, 3.63) is 17.5 Å². The predicted molar refractivity (Wildman–Crippen MR) is 26.2 cm³/mol. The van der Waals surface area contributed by atoms with Gasteiger partial charge >= 0.3 is 5.69 Å². The van der Waals surface area contributed by atoms with E-state index in [1.165, 1.54) is 0 Å². The topological polar surface area (TPSA) is 77.0 Å². The van der Waals surface area contributed by atoms with Gasteiger partial charge in [0.1, 0.15) is 12.5 Å². The molecule has 0 aliphatic rings. The fraction of sp³-hybridized carbons (Fsp3) is 0. The molecule has 0 atom stereocenters. The Morgan fingerprint density at radius 1 is 1.67 bits per heavy atom. The molecule has 0 aliphatic carbocycles. The maximum absolute atomic E-state index is 10.4. The molecule has 0 spiro atoms. The van der Waals surface area contributed by atoms with E-state index in [2.05, 4.69) is 14.9 Å². The first-order chi connectivity index (χ1) is 4.34. The first-order valence-corrected chi connectivity index (χ1v) is 2.16. The quantitative estimate of drug-likeness (QED) is 0.455. The average molecular weight is 122 g/mol. The van der Waals surface area contributed by atoms with Crippen LogP contribution in [0.5, 0.6) is 5.88 Å². The fourth-order valence-electron chi connectivity index (χ4n) is 0.380. The highest BCUT2D eigenvalue weighted by atomic mass is 16.3. The van der Waals surface area contributed by atoms with Gasteiger partial charge in [-0.05, 0) is 0 Å². The van der Waals surface area contributed by atoms with Crippen molar-refractivity contribution in [3.8, 4) is 5.88 Å². The van der Waals surface area contributed by atoms with Gasteiger partial charge in [-0.25, -0.2) is 9.97 Å². The van der Waals surface area contributed by atoms with E-state index in [0.29, 0.717) is 0 Å². The molecule has 0 saturated carbocycles. The second kappa shape index (κ2) is 2.05. The first kappa shape index (κ1) is 5.44. The van der Waals surface area contributed by atoms with E-state index in [1.54, 1.807) is 0 Å². The summed E-state index contributed by atoms with van der Waals surface area (Å²) >= 11 is 0. The molecule has 1 aromatic heterocycles. The van der Waals surface area contributed by atoms with Gasteiger partial charge in [0.05, 0.1) is 5.88 Å². The van der Waals surface area contributed by atoms with E-state index in [9.17, 15) is 5.11 Å². The predicted octanol–water partition coefficient (Wildman–Crippen LogP) is 0.0348. The third kappa shape index (κ3) is 0.912. The highest BCUT2D eigenvalue weighted by molar-refractivity contribution is 5.48. The summed E-state index contributed by atoms with van der Waals surface area (Å²) in [5.41, 5.74) is -0.141. The molecule has 0 aliphatic heterocycles. The molecule has 1 heterocycles. The molecule has 0 bridgehead atoms. The van der Waals surface area contributed by atoms with Crippen LogP contribution in [0.25, 0.3) is 4.98 Å². The zero-order chi connectivity index (χ0) is 6.69. The smallest absolute Gasteiger partial charge is 0.413 e. The lowest BCUT2D eigenvalue weighted by Gasteiger charge is -1.93. The second-order valence-electron chi connectivity index (χ2n) is 1.31. The maximum Gasteiger partial charge on any atom is 0.413 e. The van der Waals surface area contributed by atoms with Crippen LogP contribution < -0.4 is 5.11 Å². The van der Waals surface area contributed by atoms with Crippen molar-refractivity contribution in [2.75, 3.05) is 0 Å². The lowest BCUT2D eigenvalue weighted by molar-refractivity contribution is -0.273. The largest absolute Gasteiger partial charge is 0.853 e. The molecular weight excluding hydrogens is 120 g/mol. The first-order valence-electron chi connectivity index (χ1n) is 2.16. The van der Waals surface area contributed by atoms with Crippen LogP contribution in [0.15, 0.2) is 12.5 Å². The van der Waals surface area contributed by atoms with E-state index in [-0.39, 0.29) is 5.69 Å². The van der Waals surface area contributed by atoms with Gasteiger partial charge in [-0.15, -0.1) is 0 Å². The zero-order valence-electron chi connectivity index (χ0n) is 4.35. The van der Waals surface area contributed by atoms with Gasteiger partial charge in [-0.2, -0.15) is 0 Å². The van der Waals surface area contributed by atoms with E-state index in [1.807, 2.05) is 0 Å². The van der Waals surface area contributed by atoms with Crippen LogP contribution in [0.1, 0.15) is 0 Å². The van der Waals surface area contributed by atoms with Crippen LogP contribution in [0.3, 0.4) is 0 Å². The van der Waals surface area contributed by atoms with Crippen LogP contribution in [0, 0.1) is 5.39 Å². The highest BCUT2D eigenvalue weighted by Crippen LogP contribution is 2.16. The van der Waals surface area contributed by atoms with E-state index >= 15 is 0 Å². The second-order valence-corrected chi connectivity index (χ2v) is 1.31. The van der Waals surface area contributed by atoms with Gasteiger partial charge in [-0.1, -0.05) is 0 Å². The molecule has 0 radical (unpaired) electrons. The van der Waals surface area contributed by atoms with Crippen molar-refractivity contribution in [2.45, 2.75) is 0 Å². The SMILES string of the molecule is N#[N+]c1cncnc1[O-]. The van der Waals surface area contributed by atoms with Gasteiger partial charge in [-0.3, -0.25) is 0 Å². The summed E-state index contributed by atoms with van der Waals surface area (Å²) in [5, 5.41) is 18.5. The third-order valence-corrected chi connectivity index (χ3v) is 0.765. The summed E-state index contributed by atoms with van der Waals surface area (Å²) in [6.07, 6.45) is 2.23. The average Bonchev–Trinajstić information content (AvgIpc) is 1.89. The molecular formula is C4H2N4O. The Morgan fingerprint density at radius 2 is 2.44 bits per heavy atom. The Bertz CT molecular complexity index is 253. The van der Waals surface area contributed by atoms with Crippen molar-refractivity contribution >= 4 is 5.69 Å². The molecule has 0 aromatic carbocycles. The Hall–Kier alpha value is -1.70. The Balaban J connectivity index is 3.20. The summed E-state index contributed by atoms with van der Waals surface area (Å²) in [4.78, 5) is 9.31. The Morgan fingerprint density at radius 3 is 2.89 bits per heavy atom. The monoisotopic (exact) mass is 122 g/mol. The molecule has 0 unspecified atom stereocenters. The molecule has 9 heavy (non-hydrogen) atoms. The number of rotatable bonds is 0. The fourth-order valence-corrected chi connectivity index (χ4v) is 0.380. The van der Waals surface area contributed by atoms with Crippen molar-refractivity contribution in [1.29, 1.82) is 5.39 Å². The van der Waals surface area contributed by atoms with Crippen LogP contribution in [-0.2, 0) is 0 Å². The van der Waals surface area contributed by atoms with Crippen molar-refractivity contribution in [3.63, 3.8) is 0 Å². The van der Waals surface area contributed by atoms with Crippen LogP contribution in [0.2, 0.25) is 0 Å². The third-order valence-electron chi connectivity index (χ3n) is 0.765. The van der Waals surface area contributed by atoms with Crippen molar-refractivity contribution < 1.29 is 5.11 Å². The molecule has 1 rings (SSSR count). The van der Waals surface area contributed by atoms with Crippen molar-refractivity contribution in [2.24, 2.45) is 0 Å². The van der Waals surface area contributed by atoms with E-state index in [0.717, 1.165) is 12.5 Å².